The van der Waals surface area contributed by atoms with Crippen LogP contribution in [0.15, 0.2) is 58.3 Å². The second kappa shape index (κ2) is 8.70. The normalized spacial score (nSPS) is 10.7. The summed E-state index contributed by atoms with van der Waals surface area (Å²) in [6.45, 7) is 8.75. The van der Waals surface area contributed by atoms with Crippen molar-refractivity contribution in [2.75, 3.05) is 6.61 Å². The number of benzene rings is 2. The number of aromatic amines is 1. The molecule has 0 spiro atoms. The SMILES string of the molecule is [C-]#[N+]c1ccc(-n2[nH]c(C(=O)OCC)c(C=Nc3ccccc3C(=O)O)c2=O)cc1. The van der Waals surface area contributed by atoms with Crippen molar-refractivity contribution in [3.8, 4) is 5.69 Å². The third-order valence-corrected chi connectivity index (χ3v) is 4.11. The number of rotatable bonds is 6. The van der Waals surface area contributed by atoms with E-state index in [0.717, 1.165) is 10.9 Å². The topological polar surface area (TPSA) is 118 Å². The molecule has 150 valence electrons. The smallest absolute Gasteiger partial charge is 0.357 e. The lowest BCUT2D eigenvalue weighted by molar-refractivity contribution is 0.0518. The summed E-state index contributed by atoms with van der Waals surface area (Å²) in [6, 6.07) is 12.2. The molecule has 9 nitrogen and oxygen atoms in total. The number of para-hydroxylation sites is 1. The molecule has 0 amide bonds. The Bertz CT molecular complexity index is 1230. The zero-order valence-corrected chi connectivity index (χ0v) is 15.8. The highest BCUT2D eigenvalue weighted by atomic mass is 16.5. The van der Waals surface area contributed by atoms with Crippen molar-refractivity contribution in [1.29, 1.82) is 0 Å². The standard InChI is InChI=1S/C21H16N4O5/c1-3-30-21(29)18-16(12-23-17-7-5-4-6-15(17)20(27)28)19(26)25(24-18)14-10-8-13(22-2)9-11-14/h4-12,24H,3H2,1H3,(H,27,28). The van der Waals surface area contributed by atoms with E-state index in [9.17, 15) is 19.5 Å². The van der Waals surface area contributed by atoms with Gasteiger partial charge in [-0.15, -0.1) is 0 Å². The summed E-state index contributed by atoms with van der Waals surface area (Å²) in [6.07, 6.45) is 1.14. The molecule has 0 saturated carbocycles. The maximum Gasteiger partial charge on any atom is 0.357 e. The molecule has 0 unspecified atom stereocenters. The van der Waals surface area contributed by atoms with Gasteiger partial charge in [0.25, 0.3) is 5.56 Å². The monoisotopic (exact) mass is 404 g/mol. The summed E-state index contributed by atoms with van der Waals surface area (Å²) >= 11 is 0. The Morgan fingerprint density at radius 2 is 1.93 bits per heavy atom. The van der Waals surface area contributed by atoms with E-state index < -0.39 is 17.5 Å². The van der Waals surface area contributed by atoms with Crippen LogP contribution in [0.1, 0.15) is 33.3 Å². The van der Waals surface area contributed by atoms with Crippen molar-refractivity contribution >= 4 is 29.5 Å². The van der Waals surface area contributed by atoms with Crippen LogP contribution < -0.4 is 5.56 Å². The predicted octanol–water partition coefficient (Wildman–Crippen LogP) is 3.34. The number of aromatic carboxylic acids is 1. The first-order valence-electron chi connectivity index (χ1n) is 8.82. The quantitative estimate of drug-likeness (QED) is 0.371. The number of nitrogens with zero attached hydrogens (tertiary/aromatic N) is 3. The minimum absolute atomic E-state index is 0.0444. The van der Waals surface area contributed by atoms with E-state index in [1.807, 2.05) is 0 Å². The molecule has 1 aromatic heterocycles. The third kappa shape index (κ3) is 4.02. The Morgan fingerprint density at radius 3 is 2.57 bits per heavy atom. The van der Waals surface area contributed by atoms with Gasteiger partial charge in [0, 0.05) is 6.21 Å². The number of aliphatic imine (C=N–C) groups is 1. The number of H-pyrrole nitrogens is 1. The predicted molar refractivity (Wildman–Crippen MR) is 109 cm³/mol. The van der Waals surface area contributed by atoms with Crippen LogP contribution >= 0.6 is 0 Å². The van der Waals surface area contributed by atoms with E-state index in [1.165, 1.54) is 24.3 Å². The van der Waals surface area contributed by atoms with Crippen molar-refractivity contribution in [2.45, 2.75) is 6.92 Å². The van der Waals surface area contributed by atoms with Crippen molar-refractivity contribution < 1.29 is 19.4 Å². The average Bonchev–Trinajstić information content (AvgIpc) is 3.09. The van der Waals surface area contributed by atoms with E-state index in [-0.39, 0.29) is 29.1 Å². The van der Waals surface area contributed by atoms with Gasteiger partial charge in [-0.2, -0.15) is 0 Å². The Hall–Kier alpha value is -4.45. The second-order valence-electron chi connectivity index (χ2n) is 5.97. The van der Waals surface area contributed by atoms with Gasteiger partial charge >= 0.3 is 11.9 Å². The molecule has 0 saturated heterocycles. The minimum atomic E-state index is -1.17. The molecule has 0 aliphatic carbocycles. The molecule has 30 heavy (non-hydrogen) atoms. The fourth-order valence-electron chi connectivity index (χ4n) is 2.69. The number of esters is 1. The van der Waals surface area contributed by atoms with Gasteiger partial charge in [0.05, 0.1) is 35.7 Å². The van der Waals surface area contributed by atoms with Gasteiger partial charge in [0.15, 0.2) is 11.4 Å². The van der Waals surface area contributed by atoms with Gasteiger partial charge in [0.1, 0.15) is 0 Å². The molecule has 3 rings (SSSR count). The van der Waals surface area contributed by atoms with Crippen LogP contribution in [0.4, 0.5) is 11.4 Å². The van der Waals surface area contributed by atoms with Gasteiger partial charge in [-0.25, -0.2) is 19.1 Å². The zero-order chi connectivity index (χ0) is 21.7. The maximum atomic E-state index is 12.9. The second-order valence-corrected chi connectivity index (χ2v) is 5.97. The first-order valence-corrected chi connectivity index (χ1v) is 8.82. The Kier molecular flexibility index (Phi) is 5.89. The van der Waals surface area contributed by atoms with Crippen molar-refractivity contribution in [3.63, 3.8) is 0 Å². The maximum absolute atomic E-state index is 12.9. The molecule has 3 aromatic rings. The number of carbonyl (C=O) groups is 2. The van der Waals surface area contributed by atoms with E-state index in [0.29, 0.717) is 11.4 Å². The fourth-order valence-corrected chi connectivity index (χ4v) is 2.69. The molecule has 9 heteroatoms. The van der Waals surface area contributed by atoms with Crippen molar-refractivity contribution in [1.82, 2.24) is 9.78 Å². The lowest BCUT2D eigenvalue weighted by Gasteiger charge is -2.02. The number of aromatic nitrogens is 2. The number of carboxylic acid groups (broad SMARTS) is 1. The highest BCUT2D eigenvalue weighted by molar-refractivity contribution is 5.99. The summed E-state index contributed by atoms with van der Waals surface area (Å²) in [4.78, 5) is 44.1. The molecule has 0 aliphatic rings. The number of hydrogen-bond acceptors (Lipinski definition) is 5. The molecule has 1 heterocycles. The van der Waals surface area contributed by atoms with Crippen LogP contribution in [0.3, 0.4) is 0 Å². The highest BCUT2D eigenvalue weighted by Crippen LogP contribution is 2.19. The number of hydrogen-bond donors (Lipinski definition) is 2. The first kappa shape index (κ1) is 20.3. The number of ether oxygens (including phenoxy) is 1. The van der Waals surface area contributed by atoms with Gasteiger partial charge < -0.3 is 9.84 Å². The molecule has 2 aromatic carbocycles. The molecule has 2 N–H and O–H groups in total. The molecule has 0 radical (unpaired) electrons. The lowest BCUT2D eigenvalue weighted by Crippen LogP contribution is -2.17. The molecule has 0 atom stereocenters. The molecule has 0 bridgehead atoms. The van der Waals surface area contributed by atoms with E-state index >= 15 is 0 Å². The molecular formula is C21H16N4O5. The summed E-state index contributed by atoms with van der Waals surface area (Å²) in [5.74, 6) is -1.92. The van der Waals surface area contributed by atoms with Crippen molar-refractivity contribution in [2.24, 2.45) is 4.99 Å². The van der Waals surface area contributed by atoms with Crippen LogP contribution in [-0.4, -0.2) is 39.6 Å². The van der Waals surface area contributed by atoms with E-state index in [2.05, 4.69) is 14.9 Å². The van der Waals surface area contributed by atoms with Gasteiger partial charge in [-0.1, -0.05) is 24.3 Å². The van der Waals surface area contributed by atoms with Gasteiger partial charge in [-0.3, -0.25) is 14.9 Å². The lowest BCUT2D eigenvalue weighted by atomic mass is 10.2. The number of carbonyl (C=O) groups excluding carboxylic acids is 1. The minimum Gasteiger partial charge on any atom is -0.478 e. The average molecular weight is 404 g/mol. The largest absolute Gasteiger partial charge is 0.478 e. The van der Waals surface area contributed by atoms with Crippen LogP contribution in [0.25, 0.3) is 10.5 Å². The molecule has 0 fully saturated rings. The highest BCUT2D eigenvalue weighted by Gasteiger charge is 2.21. The zero-order valence-electron chi connectivity index (χ0n) is 15.8. The molecule has 0 aliphatic heterocycles. The summed E-state index contributed by atoms with van der Waals surface area (Å²) < 4.78 is 6.13. The Morgan fingerprint density at radius 1 is 1.23 bits per heavy atom. The summed E-state index contributed by atoms with van der Waals surface area (Å²) in [5.41, 5.74) is 0.116. The van der Waals surface area contributed by atoms with Gasteiger partial charge in [0.2, 0.25) is 0 Å². The Balaban J connectivity index is 2.12. The van der Waals surface area contributed by atoms with E-state index in [1.54, 1.807) is 31.2 Å². The summed E-state index contributed by atoms with van der Waals surface area (Å²) in [7, 11) is 0. The Labute approximate surface area is 170 Å². The van der Waals surface area contributed by atoms with Gasteiger partial charge in [-0.05, 0) is 31.2 Å². The van der Waals surface area contributed by atoms with Crippen LogP contribution in [0.5, 0.6) is 0 Å². The van der Waals surface area contributed by atoms with Crippen molar-refractivity contribution in [3.05, 3.63) is 87.1 Å². The van der Waals surface area contributed by atoms with E-state index in [4.69, 9.17) is 11.3 Å². The number of carboxylic acids is 1. The van der Waals surface area contributed by atoms with Crippen LogP contribution in [0, 0.1) is 6.57 Å². The van der Waals surface area contributed by atoms with Crippen LogP contribution in [0.2, 0.25) is 0 Å². The number of nitrogens with one attached hydrogen (secondary N) is 1. The summed E-state index contributed by atoms with van der Waals surface area (Å²) in [5, 5.41) is 12.0. The molecular weight excluding hydrogens is 388 g/mol. The van der Waals surface area contributed by atoms with Crippen LogP contribution in [-0.2, 0) is 4.74 Å². The fraction of sp³-hybridized carbons (Fsp3) is 0.0952. The third-order valence-electron chi connectivity index (χ3n) is 4.11. The first-order chi connectivity index (χ1) is 14.5.